The van der Waals surface area contributed by atoms with Crippen LogP contribution in [0.3, 0.4) is 0 Å². The number of nitro groups is 1. The number of carbonyl (C=O) groups excluding carboxylic acids is 1. The Morgan fingerprint density at radius 3 is 2.62 bits per heavy atom. The molecule has 2 aromatic rings. The zero-order valence-corrected chi connectivity index (χ0v) is 20.7. The molecule has 2 unspecified atom stereocenters. The van der Waals surface area contributed by atoms with Crippen molar-refractivity contribution in [2.45, 2.75) is 56.7 Å². The summed E-state index contributed by atoms with van der Waals surface area (Å²) in [6.45, 7) is 3.44. The molecule has 5 fully saturated rings. The van der Waals surface area contributed by atoms with Crippen LogP contribution in [-0.2, 0) is 0 Å². The van der Waals surface area contributed by atoms with E-state index in [9.17, 15) is 24.4 Å². The minimum atomic E-state index is -0.623. The van der Waals surface area contributed by atoms with Crippen LogP contribution in [0.25, 0.3) is 0 Å². The average molecular weight is 511 g/mol. The molecule has 37 heavy (non-hydrogen) atoms. The van der Waals surface area contributed by atoms with E-state index in [1.165, 1.54) is 12.1 Å². The number of benzene rings is 1. The summed E-state index contributed by atoms with van der Waals surface area (Å²) in [7, 11) is 0. The molecule has 4 saturated carbocycles. The van der Waals surface area contributed by atoms with Gasteiger partial charge in [0.25, 0.3) is 11.6 Å². The molecule has 3 atom stereocenters. The first-order valence-electron chi connectivity index (χ1n) is 13.0. The van der Waals surface area contributed by atoms with Crippen LogP contribution < -0.4 is 15.1 Å². The highest BCUT2D eigenvalue weighted by Crippen LogP contribution is 2.55. The standard InChI is InChI=1S/C26H31FN6O4/c1-15-14-31(22-3-2-19(33(36)37)10-20(22)27)6-7-32(15)25-28-5-4-21(29-25)24(34)30-23-17-8-16-9-18(23)13-26(35,11-16)12-17/h2-5,10,15-18,23,35H,6-9,11-14H2,1H3,(H,30,34)/t15-,16?,17?,18?,23-,26-/m1/s1. The molecule has 5 aliphatic rings. The van der Waals surface area contributed by atoms with Crippen molar-refractivity contribution in [2.75, 3.05) is 29.4 Å². The average Bonchev–Trinajstić information content (AvgIpc) is 2.85. The second-order valence-electron chi connectivity index (χ2n) is 11.3. The molecule has 11 heteroatoms. The Hall–Kier alpha value is -3.34. The van der Waals surface area contributed by atoms with Gasteiger partial charge in [-0.15, -0.1) is 0 Å². The van der Waals surface area contributed by atoms with Crippen LogP contribution in [0, 0.1) is 33.7 Å². The fourth-order valence-electron chi connectivity index (χ4n) is 7.39. The van der Waals surface area contributed by atoms with Gasteiger partial charge in [0.05, 0.1) is 22.3 Å². The number of non-ortho nitro benzene ring substituents is 1. The zero-order valence-electron chi connectivity index (χ0n) is 20.7. The van der Waals surface area contributed by atoms with E-state index in [4.69, 9.17) is 0 Å². The van der Waals surface area contributed by atoms with Crippen molar-refractivity contribution in [3.8, 4) is 0 Å². The van der Waals surface area contributed by atoms with Crippen LogP contribution in [0.15, 0.2) is 30.5 Å². The van der Waals surface area contributed by atoms with Crippen molar-refractivity contribution >= 4 is 23.2 Å². The number of nitrogens with one attached hydrogen (secondary N) is 1. The third-order valence-corrected chi connectivity index (χ3v) is 8.78. The summed E-state index contributed by atoms with van der Waals surface area (Å²) < 4.78 is 14.6. The molecule has 4 bridgehead atoms. The summed E-state index contributed by atoms with van der Waals surface area (Å²) >= 11 is 0. The summed E-state index contributed by atoms with van der Waals surface area (Å²) in [6.07, 6.45) is 6.14. The van der Waals surface area contributed by atoms with Gasteiger partial charge in [-0.25, -0.2) is 14.4 Å². The molecular weight excluding hydrogens is 479 g/mol. The lowest BCUT2D eigenvalue weighted by atomic mass is 9.52. The molecule has 7 rings (SSSR count). The highest BCUT2D eigenvalue weighted by atomic mass is 19.1. The zero-order chi connectivity index (χ0) is 25.9. The number of piperazine rings is 1. The Morgan fingerprint density at radius 2 is 1.97 bits per heavy atom. The smallest absolute Gasteiger partial charge is 0.272 e. The van der Waals surface area contributed by atoms with E-state index >= 15 is 0 Å². The maximum absolute atomic E-state index is 14.6. The summed E-state index contributed by atoms with van der Waals surface area (Å²) in [5.74, 6) is 0.808. The maximum atomic E-state index is 14.6. The summed E-state index contributed by atoms with van der Waals surface area (Å²) in [6, 6.07) is 5.32. The topological polar surface area (TPSA) is 125 Å². The number of halogens is 1. The Balaban J connectivity index is 1.13. The van der Waals surface area contributed by atoms with Gasteiger partial charge in [-0.3, -0.25) is 14.9 Å². The molecule has 1 aliphatic heterocycles. The summed E-state index contributed by atoms with van der Waals surface area (Å²) in [5.41, 5.74) is -0.184. The van der Waals surface area contributed by atoms with Gasteiger partial charge in [0.1, 0.15) is 5.69 Å². The minimum Gasteiger partial charge on any atom is -0.390 e. The third kappa shape index (κ3) is 4.39. The molecule has 1 saturated heterocycles. The molecule has 2 N–H and O–H groups in total. The van der Waals surface area contributed by atoms with Gasteiger partial charge in [-0.1, -0.05) is 0 Å². The normalized spacial score (nSPS) is 32.5. The number of aliphatic hydroxyl groups is 1. The summed E-state index contributed by atoms with van der Waals surface area (Å²) in [4.78, 5) is 36.3. The Labute approximate surface area is 214 Å². The number of carbonyl (C=O) groups is 1. The van der Waals surface area contributed by atoms with E-state index in [1.54, 1.807) is 12.3 Å². The number of aromatic nitrogens is 2. The first-order chi connectivity index (χ1) is 17.7. The van der Waals surface area contributed by atoms with Crippen LogP contribution in [0.2, 0.25) is 0 Å². The number of hydrogen-bond acceptors (Lipinski definition) is 8. The Morgan fingerprint density at radius 1 is 1.22 bits per heavy atom. The van der Waals surface area contributed by atoms with Gasteiger partial charge >= 0.3 is 0 Å². The number of hydrogen-bond donors (Lipinski definition) is 2. The van der Waals surface area contributed by atoms with Crippen molar-refractivity contribution < 1.29 is 19.2 Å². The SMILES string of the molecule is C[C@@H]1CN(c2ccc([N+](=O)[O-])cc2F)CCN1c1nccc(C(=O)N[C@H]2C3CC4CC2C[C@](O)(C4)C3)n1. The van der Waals surface area contributed by atoms with Gasteiger partial charge in [-0.05, 0) is 68.9 Å². The van der Waals surface area contributed by atoms with E-state index < -0.39 is 16.3 Å². The Kier molecular flexibility index (Phi) is 5.78. The molecule has 1 aromatic carbocycles. The van der Waals surface area contributed by atoms with Gasteiger partial charge in [0.2, 0.25) is 5.95 Å². The molecule has 10 nitrogen and oxygen atoms in total. The molecule has 1 amide bonds. The molecule has 2 heterocycles. The molecule has 196 valence electrons. The van der Waals surface area contributed by atoms with Crippen LogP contribution in [-0.4, -0.2) is 63.2 Å². The molecular formula is C26H31FN6O4. The fraction of sp³-hybridized carbons (Fsp3) is 0.577. The predicted molar refractivity (Wildman–Crippen MR) is 134 cm³/mol. The van der Waals surface area contributed by atoms with Crippen molar-refractivity contribution in [2.24, 2.45) is 17.8 Å². The van der Waals surface area contributed by atoms with Gasteiger partial charge in [0, 0.05) is 44.0 Å². The lowest BCUT2D eigenvalue weighted by Crippen LogP contribution is -2.61. The van der Waals surface area contributed by atoms with Gasteiger partial charge in [0.15, 0.2) is 5.82 Å². The van der Waals surface area contributed by atoms with E-state index in [1.807, 2.05) is 16.7 Å². The van der Waals surface area contributed by atoms with Crippen LogP contribution in [0.4, 0.5) is 21.7 Å². The van der Waals surface area contributed by atoms with Crippen LogP contribution in [0.5, 0.6) is 0 Å². The van der Waals surface area contributed by atoms with Gasteiger partial charge in [-0.2, -0.15) is 0 Å². The van der Waals surface area contributed by atoms with Crippen molar-refractivity contribution in [3.05, 3.63) is 52.1 Å². The molecule has 1 aromatic heterocycles. The first kappa shape index (κ1) is 24.0. The molecule has 4 aliphatic carbocycles. The number of anilines is 2. The van der Waals surface area contributed by atoms with Crippen molar-refractivity contribution in [1.29, 1.82) is 0 Å². The Bertz CT molecular complexity index is 1230. The molecule has 0 radical (unpaired) electrons. The number of amides is 1. The molecule has 0 spiro atoms. The van der Waals surface area contributed by atoms with E-state index in [-0.39, 0.29) is 23.7 Å². The quantitative estimate of drug-likeness (QED) is 0.465. The third-order valence-electron chi connectivity index (χ3n) is 8.78. The lowest BCUT2D eigenvalue weighted by molar-refractivity contribution is -0.385. The van der Waals surface area contributed by atoms with E-state index in [0.29, 0.717) is 54.7 Å². The van der Waals surface area contributed by atoms with Crippen molar-refractivity contribution in [1.82, 2.24) is 15.3 Å². The second-order valence-corrected chi connectivity index (χ2v) is 11.3. The largest absolute Gasteiger partial charge is 0.390 e. The van der Waals surface area contributed by atoms with Crippen LogP contribution in [0.1, 0.15) is 49.5 Å². The van der Waals surface area contributed by atoms with E-state index in [0.717, 1.165) is 38.2 Å². The number of nitrogens with zero attached hydrogens (tertiary/aromatic N) is 5. The lowest BCUT2D eigenvalue weighted by Gasteiger charge is -2.58. The van der Waals surface area contributed by atoms with Crippen molar-refractivity contribution in [3.63, 3.8) is 0 Å². The first-order valence-corrected chi connectivity index (χ1v) is 13.0. The van der Waals surface area contributed by atoms with Gasteiger partial charge < -0.3 is 20.2 Å². The second kappa shape index (κ2) is 8.90. The number of nitro benzene ring substituents is 1. The fourth-order valence-corrected chi connectivity index (χ4v) is 7.39. The highest BCUT2D eigenvalue weighted by Gasteiger charge is 2.55. The van der Waals surface area contributed by atoms with E-state index in [2.05, 4.69) is 15.3 Å². The number of rotatable bonds is 5. The highest BCUT2D eigenvalue weighted by molar-refractivity contribution is 5.92. The monoisotopic (exact) mass is 510 g/mol. The predicted octanol–water partition coefficient (Wildman–Crippen LogP) is 2.91. The maximum Gasteiger partial charge on any atom is 0.272 e. The van der Waals surface area contributed by atoms with Crippen LogP contribution >= 0.6 is 0 Å². The minimum absolute atomic E-state index is 0.0711. The summed E-state index contributed by atoms with van der Waals surface area (Å²) in [5, 5.41) is 25.0.